The molecule has 4 rings (SSSR count). The van der Waals surface area contributed by atoms with Crippen LogP contribution in [-0.2, 0) is 6.42 Å². The van der Waals surface area contributed by atoms with Crippen molar-refractivity contribution in [2.24, 2.45) is 0 Å². The summed E-state index contributed by atoms with van der Waals surface area (Å²) in [6.07, 6.45) is 5.34. The van der Waals surface area contributed by atoms with E-state index in [9.17, 15) is 4.79 Å². The molecule has 6 nitrogen and oxygen atoms in total. The van der Waals surface area contributed by atoms with Crippen LogP contribution in [0.25, 0.3) is 22.8 Å². The SMILES string of the molecule is CCOc1cc(Cl)ccc1-c1nc2n(C3CCCC3)[nH]c(CC)c-2c(=O)n1. The third kappa shape index (κ3) is 3.23. The van der Waals surface area contributed by atoms with Crippen molar-refractivity contribution in [3.63, 3.8) is 0 Å². The molecule has 2 aliphatic heterocycles. The Hall–Kier alpha value is -2.34. The topological polar surface area (TPSA) is 72.8 Å². The smallest absolute Gasteiger partial charge is 0.284 e. The lowest BCUT2D eigenvalue weighted by atomic mass is 10.1. The normalized spacial score (nSPS) is 14.9. The Balaban J connectivity index is 1.92. The predicted molar refractivity (Wildman–Crippen MR) is 106 cm³/mol. The lowest BCUT2D eigenvalue weighted by Crippen LogP contribution is -2.17. The summed E-state index contributed by atoms with van der Waals surface area (Å²) >= 11 is 6.11. The standard InChI is InChI=1S/C20H23ClN4O2/c1-3-15-17-19(25(24-15)13-7-5-6-8-13)22-18(23-20(17)26)14-10-9-12(21)11-16(14)27-4-2/h9-11,13,24H,3-8H2,1-2H3. The Morgan fingerprint density at radius 1 is 1.26 bits per heavy atom. The van der Waals surface area contributed by atoms with Gasteiger partial charge in [-0.05, 0) is 44.4 Å². The number of hydrogen-bond donors (Lipinski definition) is 1. The highest BCUT2D eigenvalue weighted by atomic mass is 35.5. The third-order valence-electron chi connectivity index (χ3n) is 5.17. The Labute approximate surface area is 162 Å². The molecule has 0 unspecified atom stereocenters. The van der Waals surface area contributed by atoms with E-state index in [1.807, 2.05) is 13.8 Å². The van der Waals surface area contributed by atoms with E-state index in [2.05, 4.69) is 14.8 Å². The number of aromatic nitrogens is 4. The van der Waals surface area contributed by atoms with Gasteiger partial charge in [0, 0.05) is 10.7 Å². The molecule has 3 aliphatic rings. The van der Waals surface area contributed by atoms with E-state index in [0.29, 0.717) is 46.2 Å². The van der Waals surface area contributed by atoms with Gasteiger partial charge >= 0.3 is 0 Å². The average molecular weight is 387 g/mol. The lowest BCUT2D eigenvalue weighted by molar-refractivity contribution is 0.341. The minimum atomic E-state index is -0.253. The van der Waals surface area contributed by atoms with Crippen molar-refractivity contribution in [1.29, 1.82) is 0 Å². The fourth-order valence-corrected chi connectivity index (χ4v) is 4.04. The van der Waals surface area contributed by atoms with Crippen LogP contribution in [0.1, 0.15) is 51.3 Å². The average Bonchev–Trinajstić information content (AvgIpc) is 3.29. The van der Waals surface area contributed by atoms with Crippen LogP contribution in [0.3, 0.4) is 0 Å². The number of fused-ring (bicyclic) bond motifs is 1. The first kappa shape index (κ1) is 18.0. The zero-order valence-corrected chi connectivity index (χ0v) is 16.3. The minimum absolute atomic E-state index is 0.253. The molecule has 142 valence electrons. The van der Waals surface area contributed by atoms with E-state index in [1.165, 1.54) is 12.8 Å². The molecule has 1 N–H and O–H groups in total. The van der Waals surface area contributed by atoms with E-state index in [4.69, 9.17) is 21.3 Å². The Bertz CT molecular complexity index is 988. The largest absolute Gasteiger partial charge is 0.493 e. The molecule has 0 aromatic heterocycles. The van der Waals surface area contributed by atoms with Crippen LogP contribution in [0.2, 0.25) is 5.02 Å². The molecule has 1 aromatic carbocycles. The predicted octanol–water partition coefficient (Wildman–Crippen LogP) is 4.47. The van der Waals surface area contributed by atoms with Crippen molar-refractivity contribution in [2.75, 3.05) is 6.61 Å². The molecule has 0 saturated heterocycles. The van der Waals surface area contributed by atoms with E-state index in [1.54, 1.807) is 18.2 Å². The highest BCUT2D eigenvalue weighted by Crippen LogP contribution is 2.36. The number of nitrogens with zero attached hydrogens (tertiary/aromatic N) is 3. The minimum Gasteiger partial charge on any atom is -0.493 e. The molecule has 7 heteroatoms. The second-order valence-electron chi connectivity index (χ2n) is 6.88. The van der Waals surface area contributed by atoms with Crippen molar-refractivity contribution < 1.29 is 4.74 Å². The summed E-state index contributed by atoms with van der Waals surface area (Å²) in [6.45, 7) is 4.43. The van der Waals surface area contributed by atoms with Crippen LogP contribution < -0.4 is 10.3 Å². The molecule has 1 aromatic rings. The fourth-order valence-electron chi connectivity index (χ4n) is 3.88. The highest BCUT2D eigenvalue weighted by Gasteiger charge is 2.28. The summed E-state index contributed by atoms with van der Waals surface area (Å²) in [7, 11) is 0. The first-order valence-corrected chi connectivity index (χ1v) is 9.94. The number of hydrogen-bond acceptors (Lipinski definition) is 4. The second-order valence-corrected chi connectivity index (χ2v) is 7.31. The van der Waals surface area contributed by atoms with Crippen LogP contribution >= 0.6 is 11.6 Å². The number of rotatable bonds is 5. The number of benzene rings is 1. The molecule has 1 fully saturated rings. The van der Waals surface area contributed by atoms with Gasteiger partial charge in [0.15, 0.2) is 11.6 Å². The summed E-state index contributed by atoms with van der Waals surface area (Å²) in [5, 5.41) is 3.98. The van der Waals surface area contributed by atoms with Gasteiger partial charge in [0.1, 0.15) is 11.3 Å². The van der Waals surface area contributed by atoms with E-state index in [-0.39, 0.29) is 5.56 Å². The van der Waals surface area contributed by atoms with E-state index in [0.717, 1.165) is 25.0 Å². The van der Waals surface area contributed by atoms with Gasteiger partial charge in [-0.15, -0.1) is 0 Å². The number of nitrogens with one attached hydrogen (secondary N) is 1. The summed E-state index contributed by atoms with van der Waals surface area (Å²) in [5.41, 5.74) is 1.92. The second kappa shape index (κ2) is 7.35. The molecular formula is C20H23ClN4O2. The monoisotopic (exact) mass is 386 g/mol. The van der Waals surface area contributed by atoms with Crippen LogP contribution in [0.15, 0.2) is 23.0 Å². The van der Waals surface area contributed by atoms with Gasteiger partial charge in [-0.25, -0.2) is 4.98 Å². The quantitative estimate of drug-likeness (QED) is 0.702. The zero-order chi connectivity index (χ0) is 19.0. The fraction of sp³-hybridized carbons (Fsp3) is 0.450. The first-order valence-electron chi connectivity index (χ1n) is 9.56. The zero-order valence-electron chi connectivity index (χ0n) is 15.6. The van der Waals surface area contributed by atoms with Gasteiger partial charge < -0.3 is 4.74 Å². The molecule has 27 heavy (non-hydrogen) atoms. The summed E-state index contributed by atoms with van der Waals surface area (Å²) in [6, 6.07) is 5.66. The van der Waals surface area contributed by atoms with E-state index < -0.39 is 0 Å². The summed E-state index contributed by atoms with van der Waals surface area (Å²) in [5.74, 6) is 1.65. The number of H-pyrrole nitrogens is 1. The molecule has 1 aliphatic carbocycles. The molecule has 2 heterocycles. The third-order valence-corrected chi connectivity index (χ3v) is 5.40. The van der Waals surface area contributed by atoms with Crippen molar-refractivity contribution in [2.45, 2.75) is 52.0 Å². The van der Waals surface area contributed by atoms with Gasteiger partial charge in [-0.3, -0.25) is 14.6 Å². The van der Waals surface area contributed by atoms with Crippen LogP contribution in [-0.4, -0.2) is 26.4 Å². The van der Waals surface area contributed by atoms with Gasteiger partial charge in [-0.1, -0.05) is 31.4 Å². The molecule has 0 atom stereocenters. The van der Waals surface area contributed by atoms with Crippen LogP contribution in [0.5, 0.6) is 5.75 Å². The van der Waals surface area contributed by atoms with Crippen molar-refractivity contribution >= 4 is 11.6 Å². The molecule has 0 spiro atoms. The molecular weight excluding hydrogens is 364 g/mol. The molecule has 0 radical (unpaired) electrons. The van der Waals surface area contributed by atoms with E-state index >= 15 is 0 Å². The Morgan fingerprint density at radius 3 is 2.74 bits per heavy atom. The van der Waals surface area contributed by atoms with Crippen molar-refractivity contribution in [3.8, 4) is 28.5 Å². The maximum atomic E-state index is 12.9. The van der Waals surface area contributed by atoms with Gasteiger partial charge in [0.05, 0.1) is 18.2 Å². The Morgan fingerprint density at radius 2 is 2.04 bits per heavy atom. The van der Waals surface area contributed by atoms with Crippen molar-refractivity contribution in [3.05, 3.63) is 39.3 Å². The van der Waals surface area contributed by atoms with Crippen LogP contribution in [0, 0.1) is 0 Å². The van der Waals surface area contributed by atoms with Gasteiger partial charge in [0.25, 0.3) is 5.56 Å². The van der Waals surface area contributed by atoms with Crippen molar-refractivity contribution in [1.82, 2.24) is 19.7 Å². The highest BCUT2D eigenvalue weighted by molar-refractivity contribution is 6.30. The molecule has 0 amide bonds. The number of halogens is 1. The van der Waals surface area contributed by atoms with Gasteiger partial charge in [-0.2, -0.15) is 4.98 Å². The number of aryl methyl sites for hydroxylation is 1. The molecule has 1 saturated carbocycles. The molecule has 0 bridgehead atoms. The maximum Gasteiger partial charge on any atom is 0.284 e. The Kier molecular flexibility index (Phi) is 4.91. The number of aromatic amines is 1. The van der Waals surface area contributed by atoms with Crippen LogP contribution in [0.4, 0.5) is 0 Å². The van der Waals surface area contributed by atoms with Gasteiger partial charge in [0.2, 0.25) is 0 Å². The number of ether oxygens (including phenoxy) is 1. The summed E-state index contributed by atoms with van der Waals surface area (Å²) < 4.78 is 7.77. The summed E-state index contributed by atoms with van der Waals surface area (Å²) in [4.78, 5) is 21.9. The maximum absolute atomic E-state index is 12.9. The lowest BCUT2D eigenvalue weighted by Gasteiger charge is -2.14. The first-order chi connectivity index (χ1) is 13.1.